The number of nitrogens with one attached hydrogen (secondary N) is 1. The maximum Gasteiger partial charge on any atom is 0.409 e. The van der Waals surface area contributed by atoms with Crippen molar-refractivity contribution >= 4 is 23.4 Å². The van der Waals surface area contributed by atoms with E-state index in [0.717, 1.165) is 18.4 Å². The van der Waals surface area contributed by atoms with Gasteiger partial charge in [0.1, 0.15) is 0 Å². The Morgan fingerprint density at radius 3 is 2.65 bits per heavy atom. The van der Waals surface area contributed by atoms with E-state index in [-0.39, 0.29) is 23.9 Å². The number of nitro groups is 1. The molecule has 1 saturated heterocycles. The summed E-state index contributed by atoms with van der Waals surface area (Å²) >= 11 is 6.16. The quantitative estimate of drug-likeness (QED) is 0.671. The molecule has 23 heavy (non-hydrogen) atoms. The molecule has 0 saturated carbocycles. The van der Waals surface area contributed by atoms with Crippen molar-refractivity contribution in [2.24, 2.45) is 0 Å². The van der Waals surface area contributed by atoms with Gasteiger partial charge in [-0.1, -0.05) is 11.6 Å². The lowest BCUT2D eigenvalue weighted by molar-refractivity contribution is -0.384. The lowest BCUT2D eigenvalue weighted by Gasteiger charge is -2.33. The van der Waals surface area contributed by atoms with Crippen molar-refractivity contribution in [3.05, 3.63) is 38.9 Å². The third-order valence-electron chi connectivity index (χ3n) is 4.07. The Morgan fingerprint density at radius 2 is 2.13 bits per heavy atom. The van der Waals surface area contributed by atoms with Crippen LogP contribution >= 0.6 is 11.6 Å². The van der Waals surface area contributed by atoms with Gasteiger partial charge in [-0.05, 0) is 31.4 Å². The van der Waals surface area contributed by atoms with Gasteiger partial charge in [-0.15, -0.1) is 0 Å². The Kier molecular flexibility index (Phi) is 5.79. The van der Waals surface area contributed by atoms with E-state index in [1.807, 2.05) is 6.92 Å². The number of carbonyl (C=O) groups excluding carboxylic acids is 1. The van der Waals surface area contributed by atoms with Crippen LogP contribution in [0.2, 0.25) is 5.02 Å². The predicted octanol–water partition coefficient (Wildman–Crippen LogP) is 3.13. The molecule has 1 N–H and O–H groups in total. The van der Waals surface area contributed by atoms with E-state index < -0.39 is 4.92 Å². The molecular weight excluding hydrogens is 322 g/mol. The number of methoxy groups -OCH3 is 1. The molecular formula is C15H20ClN3O4. The van der Waals surface area contributed by atoms with E-state index in [1.165, 1.54) is 19.2 Å². The van der Waals surface area contributed by atoms with Crippen LogP contribution in [0, 0.1) is 10.1 Å². The van der Waals surface area contributed by atoms with E-state index in [0.29, 0.717) is 18.1 Å². The second kappa shape index (κ2) is 7.61. The number of benzene rings is 1. The normalized spacial score (nSPS) is 16.9. The Bertz CT molecular complexity index is 588. The molecule has 2 rings (SSSR count). The van der Waals surface area contributed by atoms with Gasteiger partial charge < -0.3 is 15.0 Å². The molecule has 0 bridgehead atoms. The van der Waals surface area contributed by atoms with Gasteiger partial charge in [-0.25, -0.2) is 4.79 Å². The summed E-state index contributed by atoms with van der Waals surface area (Å²) in [4.78, 5) is 23.4. The van der Waals surface area contributed by atoms with Crippen molar-refractivity contribution in [3.8, 4) is 0 Å². The van der Waals surface area contributed by atoms with Crippen molar-refractivity contribution in [1.82, 2.24) is 10.2 Å². The molecule has 0 spiro atoms. The second-order valence-corrected chi connectivity index (χ2v) is 5.99. The number of nitro benzene ring substituents is 1. The van der Waals surface area contributed by atoms with Crippen LogP contribution in [0.3, 0.4) is 0 Å². The van der Waals surface area contributed by atoms with Gasteiger partial charge in [-0.3, -0.25) is 10.1 Å². The first kappa shape index (κ1) is 17.5. The fourth-order valence-corrected chi connectivity index (χ4v) is 3.12. The maximum absolute atomic E-state index is 11.5. The summed E-state index contributed by atoms with van der Waals surface area (Å²) in [5, 5.41) is 14.6. The molecule has 1 amide bonds. The highest BCUT2D eigenvalue weighted by Crippen LogP contribution is 2.28. The van der Waals surface area contributed by atoms with Crippen molar-refractivity contribution in [2.45, 2.75) is 31.8 Å². The number of carbonyl (C=O) groups is 1. The molecule has 7 nitrogen and oxygen atoms in total. The van der Waals surface area contributed by atoms with Crippen LogP contribution in [0.5, 0.6) is 0 Å². The van der Waals surface area contributed by atoms with Crippen molar-refractivity contribution in [1.29, 1.82) is 0 Å². The summed E-state index contributed by atoms with van der Waals surface area (Å²) in [6, 6.07) is 4.74. The van der Waals surface area contributed by atoms with Crippen molar-refractivity contribution in [3.63, 3.8) is 0 Å². The Balaban J connectivity index is 1.94. The average molecular weight is 342 g/mol. The molecule has 0 unspecified atom stereocenters. The minimum atomic E-state index is -0.462. The number of piperidine rings is 1. The molecule has 1 aliphatic rings. The number of hydrogen-bond donors (Lipinski definition) is 1. The lowest BCUT2D eigenvalue weighted by Crippen LogP contribution is -2.45. The summed E-state index contributed by atoms with van der Waals surface area (Å²) in [7, 11) is 1.38. The molecule has 0 radical (unpaired) electrons. The number of non-ortho nitro benzene ring substituents is 1. The number of nitrogens with zero attached hydrogens (tertiary/aromatic N) is 2. The number of halogens is 1. The van der Waals surface area contributed by atoms with Crippen LogP contribution < -0.4 is 5.32 Å². The fourth-order valence-electron chi connectivity index (χ4n) is 2.78. The zero-order valence-corrected chi connectivity index (χ0v) is 13.9. The maximum atomic E-state index is 11.5. The summed E-state index contributed by atoms with van der Waals surface area (Å²) in [6.07, 6.45) is 1.35. The highest BCUT2D eigenvalue weighted by Gasteiger charge is 2.25. The number of ether oxygens (including phenoxy) is 1. The Labute approximate surface area is 139 Å². The van der Waals surface area contributed by atoms with Gasteiger partial charge in [0.05, 0.1) is 17.1 Å². The van der Waals surface area contributed by atoms with Crippen LogP contribution in [0.15, 0.2) is 18.2 Å². The first-order chi connectivity index (χ1) is 10.9. The summed E-state index contributed by atoms with van der Waals surface area (Å²) in [5.41, 5.74) is 0.810. The third kappa shape index (κ3) is 4.33. The van der Waals surface area contributed by atoms with E-state index >= 15 is 0 Å². The average Bonchev–Trinajstić information content (AvgIpc) is 2.54. The summed E-state index contributed by atoms with van der Waals surface area (Å²) < 4.78 is 4.72. The zero-order chi connectivity index (χ0) is 17.0. The number of amides is 1. The Morgan fingerprint density at radius 1 is 1.48 bits per heavy atom. The van der Waals surface area contributed by atoms with Crippen LogP contribution in [-0.4, -0.2) is 42.2 Å². The highest BCUT2D eigenvalue weighted by molar-refractivity contribution is 6.31. The summed E-state index contributed by atoms with van der Waals surface area (Å²) in [6.45, 7) is 3.26. The summed E-state index contributed by atoms with van der Waals surface area (Å²) in [5.74, 6) is 0. The zero-order valence-electron chi connectivity index (χ0n) is 13.1. The van der Waals surface area contributed by atoms with Crippen molar-refractivity contribution in [2.75, 3.05) is 20.2 Å². The molecule has 1 aliphatic heterocycles. The molecule has 0 aromatic heterocycles. The van der Waals surface area contributed by atoms with Gasteiger partial charge in [0.15, 0.2) is 0 Å². The van der Waals surface area contributed by atoms with Crippen molar-refractivity contribution < 1.29 is 14.5 Å². The molecule has 8 heteroatoms. The van der Waals surface area contributed by atoms with E-state index in [2.05, 4.69) is 5.32 Å². The predicted molar refractivity (Wildman–Crippen MR) is 86.7 cm³/mol. The third-order valence-corrected chi connectivity index (χ3v) is 4.40. The van der Waals surface area contributed by atoms with Crippen LogP contribution in [0.1, 0.15) is 31.4 Å². The first-order valence-electron chi connectivity index (χ1n) is 7.45. The molecule has 126 valence electrons. The van der Waals surface area contributed by atoms with Gasteiger partial charge in [0.2, 0.25) is 0 Å². The SMILES string of the molecule is COC(=O)N1CCC(N[C@@H](C)c2ccc([N+](=O)[O-])cc2Cl)CC1. The van der Waals surface area contributed by atoms with Gasteiger partial charge >= 0.3 is 6.09 Å². The molecule has 0 aliphatic carbocycles. The number of rotatable bonds is 4. The molecule has 1 fully saturated rings. The van der Waals surface area contributed by atoms with Gasteiger partial charge in [0.25, 0.3) is 5.69 Å². The smallest absolute Gasteiger partial charge is 0.409 e. The monoisotopic (exact) mass is 341 g/mol. The number of likely N-dealkylation sites (tertiary alicyclic amines) is 1. The highest BCUT2D eigenvalue weighted by atomic mass is 35.5. The molecule has 1 atom stereocenters. The minimum absolute atomic E-state index is 0.0164. The van der Waals surface area contributed by atoms with E-state index in [4.69, 9.17) is 16.3 Å². The Hall–Kier alpha value is -1.86. The van der Waals surface area contributed by atoms with Crippen LogP contribution in [0.4, 0.5) is 10.5 Å². The molecule has 1 heterocycles. The van der Waals surface area contributed by atoms with Crippen LogP contribution in [-0.2, 0) is 4.74 Å². The van der Waals surface area contributed by atoms with Gasteiger partial charge in [0, 0.05) is 37.3 Å². The van der Waals surface area contributed by atoms with Gasteiger partial charge in [-0.2, -0.15) is 0 Å². The first-order valence-corrected chi connectivity index (χ1v) is 7.83. The standard InChI is InChI=1S/C15H20ClN3O4/c1-10(13-4-3-12(19(21)22)9-14(13)16)17-11-5-7-18(8-6-11)15(20)23-2/h3-4,9-11,17H,5-8H2,1-2H3/t10-/m0/s1. The minimum Gasteiger partial charge on any atom is -0.453 e. The molecule has 1 aromatic rings. The van der Waals surface area contributed by atoms with E-state index in [9.17, 15) is 14.9 Å². The van der Waals surface area contributed by atoms with Crippen LogP contribution in [0.25, 0.3) is 0 Å². The fraction of sp³-hybridized carbons (Fsp3) is 0.533. The largest absolute Gasteiger partial charge is 0.453 e. The second-order valence-electron chi connectivity index (χ2n) is 5.58. The van der Waals surface area contributed by atoms with E-state index in [1.54, 1.807) is 11.0 Å². The molecule has 1 aromatic carbocycles. The lowest BCUT2D eigenvalue weighted by atomic mass is 10.0. The number of hydrogen-bond acceptors (Lipinski definition) is 5. The topological polar surface area (TPSA) is 84.7 Å².